The largest absolute Gasteiger partial charge is 0.426 e. The maximum Gasteiger partial charge on any atom is 0.319 e. The highest BCUT2D eigenvalue weighted by Crippen LogP contribution is 2.28. The molecule has 0 bridgehead atoms. The van der Waals surface area contributed by atoms with Crippen molar-refractivity contribution < 1.29 is 9.76 Å². The topological polar surface area (TPSA) is 29.5 Å². The lowest BCUT2D eigenvalue weighted by molar-refractivity contribution is -0.0892. The summed E-state index contributed by atoms with van der Waals surface area (Å²) in [5.41, 5.74) is -1.44. The normalized spacial score (nSPS) is 12.7. The fourth-order valence-electron chi connectivity index (χ4n) is 1.58. The van der Waals surface area contributed by atoms with Crippen LogP contribution >= 0.6 is 22.7 Å². The van der Waals surface area contributed by atoms with Gasteiger partial charge >= 0.3 is 7.48 Å². The van der Waals surface area contributed by atoms with Crippen molar-refractivity contribution in [1.29, 1.82) is 0 Å². The molecule has 20 heavy (non-hydrogen) atoms. The molecule has 0 amide bonds. The summed E-state index contributed by atoms with van der Waals surface area (Å²) in [7, 11) is 2.66. The number of hydrogen-bond acceptors (Lipinski definition) is 4. The minimum absolute atomic E-state index is 0.534. The molecular weight excluding hydrogens is 286 g/mol. The Labute approximate surface area is 130 Å². The van der Waals surface area contributed by atoms with E-state index in [9.17, 15) is 5.11 Å². The van der Waals surface area contributed by atoms with Gasteiger partial charge in [0.2, 0.25) is 0 Å². The lowest BCUT2D eigenvalue weighted by Gasteiger charge is -2.37. The van der Waals surface area contributed by atoms with Gasteiger partial charge < -0.3 is 9.76 Å². The third kappa shape index (κ3) is 3.55. The molecule has 0 aliphatic carbocycles. The van der Waals surface area contributed by atoms with E-state index >= 15 is 0 Å². The van der Waals surface area contributed by atoms with Crippen molar-refractivity contribution >= 4 is 47.6 Å². The summed E-state index contributed by atoms with van der Waals surface area (Å²) in [4.78, 5) is 2.59. The summed E-state index contributed by atoms with van der Waals surface area (Å²) < 4.78 is 8.41. The smallest absolute Gasteiger partial charge is 0.319 e. The molecule has 0 aliphatic heterocycles. The van der Waals surface area contributed by atoms with Gasteiger partial charge in [0.15, 0.2) is 7.85 Å². The Balaban J connectivity index is 2.04. The van der Waals surface area contributed by atoms with Crippen molar-refractivity contribution in [3.63, 3.8) is 0 Å². The number of thiophene rings is 2. The van der Waals surface area contributed by atoms with Crippen LogP contribution in [0.3, 0.4) is 0 Å². The van der Waals surface area contributed by atoms with Crippen molar-refractivity contribution in [3.8, 4) is 9.75 Å². The van der Waals surface area contributed by atoms with Crippen molar-refractivity contribution in [3.05, 3.63) is 24.3 Å². The second-order valence-electron chi connectivity index (χ2n) is 6.03. The lowest BCUT2D eigenvalue weighted by Crippen LogP contribution is -2.49. The Morgan fingerprint density at radius 1 is 1.05 bits per heavy atom. The molecule has 1 N–H and O–H groups in total. The van der Waals surface area contributed by atoms with E-state index in [0.717, 1.165) is 0 Å². The van der Waals surface area contributed by atoms with Gasteiger partial charge in [0.1, 0.15) is 0 Å². The van der Waals surface area contributed by atoms with E-state index in [1.807, 2.05) is 25.2 Å². The molecule has 0 saturated carbocycles. The first kappa shape index (κ1) is 15.8. The highest BCUT2D eigenvalue weighted by Gasteiger charge is 2.35. The standard InChI is InChI=1S/C14H20B2O2S2/c1-13(2,17)14(3,4)18-16-12-8-6-10(20-12)9-5-7-11(15)19-9/h5-8,16-17H,15H2,1-4H3. The van der Waals surface area contributed by atoms with Crippen molar-refractivity contribution in [2.75, 3.05) is 0 Å². The molecule has 0 spiro atoms. The molecule has 6 heteroatoms. The van der Waals surface area contributed by atoms with Crippen molar-refractivity contribution in [2.45, 2.75) is 38.9 Å². The molecule has 2 rings (SSSR count). The highest BCUT2D eigenvalue weighted by atomic mass is 32.1. The van der Waals surface area contributed by atoms with E-state index in [4.69, 9.17) is 4.65 Å². The van der Waals surface area contributed by atoms with E-state index in [1.54, 1.807) is 25.2 Å². The Morgan fingerprint density at radius 2 is 1.65 bits per heavy atom. The summed E-state index contributed by atoms with van der Waals surface area (Å²) in [6.45, 7) is 7.40. The molecule has 2 aromatic heterocycles. The van der Waals surface area contributed by atoms with Crippen LogP contribution < -0.4 is 9.55 Å². The average molecular weight is 306 g/mol. The average Bonchev–Trinajstić information content (AvgIpc) is 2.93. The zero-order chi connectivity index (χ0) is 15.0. The van der Waals surface area contributed by atoms with Crippen LogP contribution in [0.15, 0.2) is 24.3 Å². The van der Waals surface area contributed by atoms with E-state index in [2.05, 4.69) is 32.1 Å². The molecule has 2 aromatic rings. The third-order valence-electron chi connectivity index (χ3n) is 3.69. The Hall–Kier alpha value is -0.550. The molecule has 0 aromatic carbocycles. The summed E-state index contributed by atoms with van der Waals surface area (Å²) in [5.74, 6) is 0. The molecule has 2 heterocycles. The van der Waals surface area contributed by atoms with Crippen LogP contribution in [-0.4, -0.2) is 31.6 Å². The van der Waals surface area contributed by atoms with Gasteiger partial charge in [-0.1, -0.05) is 12.1 Å². The van der Waals surface area contributed by atoms with Crippen LogP contribution in [0.1, 0.15) is 27.7 Å². The Morgan fingerprint density at radius 3 is 2.20 bits per heavy atom. The van der Waals surface area contributed by atoms with Gasteiger partial charge in [-0.05, 0) is 44.6 Å². The number of aliphatic hydroxyl groups is 1. The van der Waals surface area contributed by atoms with E-state index in [0.29, 0.717) is 7.48 Å². The number of rotatable bonds is 5. The van der Waals surface area contributed by atoms with Gasteiger partial charge in [-0.15, -0.1) is 11.3 Å². The predicted molar refractivity (Wildman–Crippen MR) is 94.1 cm³/mol. The van der Waals surface area contributed by atoms with E-state index in [-0.39, 0.29) is 0 Å². The monoisotopic (exact) mass is 306 g/mol. The molecule has 0 aliphatic rings. The van der Waals surface area contributed by atoms with E-state index in [1.165, 1.54) is 19.3 Å². The first-order chi connectivity index (χ1) is 9.19. The Bertz CT molecular complexity index is 582. The van der Waals surface area contributed by atoms with Crippen LogP contribution in [-0.2, 0) is 4.65 Å². The number of hydrogen-bond donors (Lipinski definition) is 1. The summed E-state index contributed by atoms with van der Waals surface area (Å²) in [6.07, 6.45) is 0. The van der Waals surface area contributed by atoms with Crippen LogP contribution in [0.25, 0.3) is 9.75 Å². The Kier molecular flexibility index (Phi) is 4.50. The zero-order valence-electron chi connectivity index (χ0n) is 12.7. The lowest BCUT2D eigenvalue weighted by atomic mass is 9.86. The fourth-order valence-corrected chi connectivity index (χ4v) is 3.46. The maximum atomic E-state index is 10.1. The highest BCUT2D eigenvalue weighted by molar-refractivity contribution is 7.29. The van der Waals surface area contributed by atoms with E-state index < -0.39 is 11.2 Å². The minimum Gasteiger partial charge on any atom is -0.426 e. The second kappa shape index (κ2) is 5.68. The van der Waals surface area contributed by atoms with Crippen molar-refractivity contribution in [1.82, 2.24) is 0 Å². The SMILES string of the molecule is Bc1ccc(-c2ccc(BOC(C)(C)C(C)(C)O)s2)s1. The molecule has 2 nitrogen and oxygen atoms in total. The predicted octanol–water partition coefficient (Wildman–Crippen LogP) is 1.28. The van der Waals surface area contributed by atoms with Gasteiger partial charge in [-0.3, -0.25) is 0 Å². The van der Waals surface area contributed by atoms with Gasteiger partial charge in [-0.25, -0.2) is 0 Å². The fraction of sp³-hybridized carbons (Fsp3) is 0.429. The molecule has 106 valence electrons. The van der Waals surface area contributed by atoms with Gasteiger partial charge in [0, 0.05) is 14.5 Å². The van der Waals surface area contributed by atoms with Gasteiger partial charge in [0.25, 0.3) is 0 Å². The van der Waals surface area contributed by atoms with Crippen LogP contribution in [0.2, 0.25) is 0 Å². The van der Waals surface area contributed by atoms with Gasteiger partial charge in [-0.2, -0.15) is 11.3 Å². The van der Waals surface area contributed by atoms with Crippen LogP contribution in [0, 0.1) is 0 Å². The molecular formula is C14H20B2O2S2. The molecule has 0 radical (unpaired) electrons. The molecule has 0 atom stereocenters. The minimum atomic E-state index is -0.863. The third-order valence-corrected chi connectivity index (χ3v) is 5.95. The molecule has 0 fully saturated rings. The molecule has 0 saturated heterocycles. The summed E-state index contributed by atoms with van der Waals surface area (Å²) in [6, 6.07) is 8.56. The summed E-state index contributed by atoms with van der Waals surface area (Å²) >= 11 is 3.57. The first-order valence-corrected chi connectivity index (χ1v) is 8.34. The summed E-state index contributed by atoms with van der Waals surface area (Å²) in [5, 5.41) is 10.1. The van der Waals surface area contributed by atoms with Gasteiger partial charge in [0.05, 0.1) is 11.2 Å². The second-order valence-corrected chi connectivity index (χ2v) is 8.49. The van der Waals surface area contributed by atoms with Crippen LogP contribution in [0.5, 0.6) is 0 Å². The molecule has 0 unspecified atom stereocenters. The van der Waals surface area contributed by atoms with Crippen LogP contribution in [0.4, 0.5) is 0 Å². The first-order valence-electron chi connectivity index (χ1n) is 6.71. The quantitative estimate of drug-likeness (QED) is 0.843. The zero-order valence-corrected chi connectivity index (χ0v) is 14.3. The van der Waals surface area contributed by atoms with Crippen molar-refractivity contribution in [2.24, 2.45) is 0 Å². The maximum absolute atomic E-state index is 10.1.